The van der Waals surface area contributed by atoms with Crippen molar-refractivity contribution in [2.75, 3.05) is 39.7 Å². The molecule has 6 aliphatic rings. The molecule has 1 heterocycles. The van der Waals surface area contributed by atoms with Crippen molar-refractivity contribution in [2.24, 2.45) is 23.2 Å². The molecule has 7 bridgehead atoms. The summed E-state index contributed by atoms with van der Waals surface area (Å²) in [5.74, 6) is -1.97. The molecule has 236 valence electrons. The number of hydrogen-bond acceptors (Lipinski definition) is 10. The van der Waals surface area contributed by atoms with Gasteiger partial charge in [-0.05, 0) is 44.4 Å². The van der Waals surface area contributed by atoms with Gasteiger partial charge in [0.15, 0.2) is 0 Å². The molecule has 1 aromatic carbocycles. The second kappa shape index (κ2) is 9.45. The average Bonchev–Trinajstić information content (AvgIpc) is 3.36. The summed E-state index contributed by atoms with van der Waals surface area (Å²) < 4.78 is 24.8. The summed E-state index contributed by atoms with van der Waals surface area (Å²) in [5, 5.41) is 41.5. The number of piperidine rings is 1. The standard InChI is InChI=1S/C32H44N2O9/c1-6-34-16-28(43-26(36)18-9-7-8-10-20(18)33-17(2)35)12-11-24(41-4)31-22-13-19-21(40-3)14-30(38,32(22,39)25(19)42-5)29(37,27(31)34)15-23(28)31/h7-10,19,21-25,27,37-39H,6,11-16H2,1-5H3,(H,33,35)/t19-,21+,22+,23-,24+,25+,27?,28-,29+,30+,31-,32+/m0/s1. The zero-order valence-electron chi connectivity index (χ0n) is 25.5. The minimum Gasteiger partial charge on any atom is -0.454 e. The van der Waals surface area contributed by atoms with E-state index in [1.807, 2.05) is 6.92 Å². The number of carbonyl (C=O) groups excluding carboxylic acids is 2. The molecule has 1 aliphatic heterocycles. The number of esters is 1. The molecule has 5 saturated carbocycles. The van der Waals surface area contributed by atoms with Crippen LogP contribution in [0.2, 0.25) is 0 Å². The van der Waals surface area contributed by atoms with E-state index in [0.29, 0.717) is 38.0 Å². The van der Waals surface area contributed by atoms with Crippen LogP contribution in [0.3, 0.4) is 0 Å². The monoisotopic (exact) mass is 600 g/mol. The number of methoxy groups -OCH3 is 3. The number of anilines is 1. The molecule has 1 saturated heterocycles. The molecule has 0 aromatic heterocycles. The van der Waals surface area contributed by atoms with Gasteiger partial charge in [-0.1, -0.05) is 19.1 Å². The second-order valence-electron chi connectivity index (χ2n) is 13.9. The van der Waals surface area contributed by atoms with E-state index >= 15 is 0 Å². The number of rotatable bonds is 7. The Morgan fingerprint density at radius 2 is 1.79 bits per heavy atom. The lowest BCUT2D eigenvalue weighted by molar-refractivity contribution is -0.369. The smallest absolute Gasteiger partial charge is 0.340 e. The molecule has 1 aromatic rings. The highest BCUT2D eigenvalue weighted by atomic mass is 16.6. The third kappa shape index (κ3) is 3.24. The van der Waals surface area contributed by atoms with Crippen LogP contribution in [0.5, 0.6) is 0 Å². The number of amides is 1. The Morgan fingerprint density at radius 1 is 1.05 bits per heavy atom. The van der Waals surface area contributed by atoms with Gasteiger partial charge in [-0.15, -0.1) is 0 Å². The summed E-state index contributed by atoms with van der Waals surface area (Å²) in [6, 6.07) is 6.23. The molecule has 7 rings (SSSR count). The summed E-state index contributed by atoms with van der Waals surface area (Å²) in [7, 11) is 4.82. The van der Waals surface area contributed by atoms with Gasteiger partial charge in [-0.3, -0.25) is 9.69 Å². The van der Waals surface area contributed by atoms with Crippen molar-refractivity contribution >= 4 is 17.6 Å². The minimum atomic E-state index is -1.93. The van der Waals surface area contributed by atoms with E-state index in [0.717, 1.165) is 0 Å². The van der Waals surface area contributed by atoms with Crippen LogP contribution >= 0.6 is 0 Å². The van der Waals surface area contributed by atoms with Crippen molar-refractivity contribution in [3.05, 3.63) is 29.8 Å². The lowest BCUT2D eigenvalue weighted by Crippen LogP contribution is -2.87. The van der Waals surface area contributed by atoms with E-state index in [9.17, 15) is 24.9 Å². The van der Waals surface area contributed by atoms with Crippen LogP contribution in [0.4, 0.5) is 5.69 Å². The molecule has 43 heavy (non-hydrogen) atoms. The van der Waals surface area contributed by atoms with Gasteiger partial charge >= 0.3 is 5.97 Å². The summed E-state index contributed by atoms with van der Waals surface area (Å²) in [5.41, 5.74) is -6.72. The lowest BCUT2D eigenvalue weighted by Gasteiger charge is -2.71. The molecule has 4 N–H and O–H groups in total. The number of carbonyl (C=O) groups is 2. The Balaban J connectivity index is 1.41. The van der Waals surface area contributed by atoms with Gasteiger partial charge in [-0.25, -0.2) is 4.79 Å². The number of hydrogen-bond donors (Lipinski definition) is 4. The molecule has 11 nitrogen and oxygen atoms in total. The molecule has 5 aliphatic carbocycles. The molecule has 1 amide bonds. The Kier molecular flexibility index (Phi) is 6.50. The number of nitrogens with one attached hydrogen (secondary N) is 1. The fourth-order valence-corrected chi connectivity index (χ4v) is 11.6. The third-order valence-corrected chi connectivity index (χ3v) is 12.7. The number of nitrogens with zero attached hydrogens (tertiary/aromatic N) is 1. The topological polar surface area (TPSA) is 147 Å². The number of para-hydroxylation sites is 1. The number of likely N-dealkylation sites (tertiary alicyclic amines) is 1. The number of benzene rings is 1. The van der Waals surface area contributed by atoms with Gasteiger partial charge in [0.1, 0.15) is 22.4 Å². The predicted octanol–water partition coefficient (Wildman–Crippen LogP) is 1.34. The van der Waals surface area contributed by atoms with Crippen molar-refractivity contribution < 1.29 is 43.9 Å². The van der Waals surface area contributed by atoms with Crippen molar-refractivity contribution in [3.63, 3.8) is 0 Å². The zero-order chi connectivity index (χ0) is 30.7. The quantitative estimate of drug-likeness (QED) is 0.338. The first-order valence-electron chi connectivity index (χ1n) is 15.5. The fourth-order valence-electron chi connectivity index (χ4n) is 11.6. The fraction of sp³-hybridized carbons (Fsp3) is 0.750. The van der Waals surface area contributed by atoms with Crippen molar-refractivity contribution in [1.82, 2.24) is 4.90 Å². The predicted molar refractivity (Wildman–Crippen MR) is 153 cm³/mol. The Bertz CT molecular complexity index is 1340. The van der Waals surface area contributed by atoms with E-state index in [1.165, 1.54) is 6.92 Å². The zero-order valence-corrected chi connectivity index (χ0v) is 25.5. The second-order valence-corrected chi connectivity index (χ2v) is 13.9. The van der Waals surface area contributed by atoms with Gasteiger partial charge in [0.25, 0.3) is 0 Å². The molecule has 6 fully saturated rings. The maximum Gasteiger partial charge on any atom is 0.340 e. The van der Waals surface area contributed by atoms with E-state index in [4.69, 9.17) is 18.9 Å². The first-order valence-corrected chi connectivity index (χ1v) is 15.5. The molecule has 11 heteroatoms. The maximum absolute atomic E-state index is 14.0. The SMILES string of the molecule is CCN1C[C@@]2(OC(=O)c3ccccc3NC(C)=O)CC[C@@H](OC)[C@@]34C1[C@](O)(C[C@@H]23)[C@]1(O)C[C@@H](OC)[C@@H]2C[C@H]4[C@@]1(O)[C@@H]2OC. The average molecular weight is 601 g/mol. The van der Waals surface area contributed by atoms with Crippen LogP contribution in [0.25, 0.3) is 0 Å². The van der Waals surface area contributed by atoms with Gasteiger partial charge in [0.05, 0.1) is 35.6 Å². The van der Waals surface area contributed by atoms with Crippen molar-refractivity contribution in [1.29, 1.82) is 0 Å². The lowest BCUT2D eigenvalue weighted by atomic mass is 9.43. The summed E-state index contributed by atoms with van der Waals surface area (Å²) in [4.78, 5) is 28.1. The molecule has 1 unspecified atom stereocenters. The highest BCUT2D eigenvalue weighted by molar-refractivity contribution is 6.00. The third-order valence-electron chi connectivity index (χ3n) is 12.7. The van der Waals surface area contributed by atoms with Crippen LogP contribution in [0.15, 0.2) is 24.3 Å². The minimum absolute atomic E-state index is 0.0723. The number of aliphatic hydroxyl groups is 3. The molecular formula is C32H44N2O9. The Labute approximate surface area is 251 Å². The Hall–Kier alpha value is -2.12. The van der Waals surface area contributed by atoms with E-state index < -0.39 is 63.9 Å². The largest absolute Gasteiger partial charge is 0.454 e. The van der Waals surface area contributed by atoms with Crippen molar-refractivity contribution in [3.8, 4) is 0 Å². The molecule has 1 spiro atoms. The van der Waals surface area contributed by atoms with E-state index in [2.05, 4.69) is 10.2 Å². The normalized spacial score (nSPS) is 49.1. The van der Waals surface area contributed by atoms with E-state index in [-0.39, 0.29) is 36.3 Å². The molecular weight excluding hydrogens is 556 g/mol. The number of fused-ring (bicyclic) bond motifs is 2. The maximum atomic E-state index is 14.0. The number of likely N-dealkylation sites (N-methyl/N-ethyl adjacent to an activating group) is 1. The summed E-state index contributed by atoms with van der Waals surface area (Å²) >= 11 is 0. The van der Waals surface area contributed by atoms with Crippen molar-refractivity contribution in [2.45, 2.75) is 92.7 Å². The van der Waals surface area contributed by atoms with Crippen LogP contribution in [0, 0.1) is 23.2 Å². The van der Waals surface area contributed by atoms with Crippen LogP contribution in [-0.4, -0.2) is 113 Å². The first-order chi connectivity index (χ1) is 20.4. The summed E-state index contributed by atoms with van der Waals surface area (Å²) in [6.45, 7) is 4.30. The number of ether oxygens (including phenoxy) is 4. The van der Waals surface area contributed by atoms with Crippen LogP contribution in [-0.2, 0) is 23.7 Å². The summed E-state index contributed by atoms with van der Waals surface area (Å²) in [6.07, 6.45) is 0.245. The highest BCUT2D eigenvalue weighted by Crippen LogP contribution is 2.80. The van der Waals surface area contributed by atoms with Gasteiger partial charge in [0, 0.05) is 64.4 Å². The first kappa shape index (κ1) is 29.6. The van der Waals surface area contributed by atoms with E-state index in [1.54, 1.807) is 45.6 Å². The van der Waals surface area contributed by atoms with Gasteiger partial charge < -0.3 is 39.6 Å². The molecule has 12 atom stereocenters. The highest BCUT2D eigenvalue weighted by Gasteiger charge is 2.93. The molecule has 0 radical (unpaired) electrons. The Morgan fingerprint density at radius 3 is 2.44 bits per heavy atom. The van der Waals surface area contributed by atoms with Crippen LogP contribution in [0.1, 0.15) is 56.3 Å². The van der Waals surface area contributed by atoms with Crippen LogP contribution < -0.4 is 5.32 Å². The van der Waals surface area contributed by atoms with Gasteiger partial charge in [0.2, 0.25) is 5.91 Å². The van der Waals surface area contributed by atoms with Gasteiger partial charge in [-0.2, -0.15) is 0 Å².